The van der Waals surface area contributed by atoms with Gasteiger partial charge in [-0.1, -0.05) is 10.4 Å². The number of ether oxygens (including phenoxy) is 1. The van der Waals surface area contributed by atoms with Crippen molar-refractivity contribution in [3.05, 3.63) is 23.8 Å². The molecular formula is C20H33N9O2. The largest absolute Gasteiger partial charge is 0.380 e. The van der Waals surface area contributed by atoms with Crippen molar-refractivity contribution in [1.29, 1.82) is 0 Å². The Kier molecular flexibility index (Phi) is 6.93. The number of primary amides is 1. The van der Waals surface area contributed by atoms with Crippen LogP contribution < -0.4 is 17.2 Å². The molecule has 6 N–H and O–H groups in total. The smallest absolute Gasteiger partial charge is 0.270 e. The molecule has 2 aromatic rings. The number of carbonyl (C=O) groups excluding carboxylic acids is 1. The summed E-state index contributed by atoms with van der Waals surface area (Å²) in [5.41, 5.74) is 18.1. The van der Waals surface area contributed by atoms with E-state index in [0.29, 0.717) is 30.1 Å². The van der Waals surface area contributed by atoms with Crippen molar-refractivity contribution >= 4 is 5.91 Å². The summed E-state index contributed by atoms with van der Waals surface area (Å²) in [6.45, 7) is 1.60. The molecule has 2 saturated carbocycles. The molecule has 2 aliphatic carbocycles. The second-order valence-corrected chi connectivity index (χ2v) is 8.94. The fourth-order valence-electron chi connectivity index (χ4n) is 4.36. The Bertz CT molecular complexity index is 846. The Morgan fingerprint density at radius 3 is 1.81 bits per heavy atom. The third-order valence-corrected chi connectivity index (χ3v) is 6.58. The maximum atomic E-state index is 10.8. The van der Waals surface area contributed by atoms with E-state index in [1.165, 1.54) is 0 Å². The lowest BCUT2D eigenvalue weighted by atomic mass is 9.92. The van der Waals surface area contributed by atoms with Crippen molar-refractivity contribution in [2.75, 3.05) is 13.2 Å². The minimum absolute atomic E-state index is 0.227. The zero-order valence-electron chi connectivity index (χ0n) is 17.8. The number of aromatic nitrogens is 6. The first kappa shape index (κ1) is 21.8. The number of carbonyl (C=O) groups is 1. The van der Waals surface area contributed by atoms with Crippen LogP contribution in [0.3, 0.4) is 0 Å². The summed E-state index contributed by atoms with van der Waals surface area (Å²) in [6, 6.07) is 1.51. The molecule has 0 aromatic carbocycles. The van der Waals surface area contributed by atoms with Crippen molar-refractivity contribution < 1.29 is 9.53 Å². The van der Waals surface area contributed by atoms with Gasteiger partial charge in [-0.15, -0.1) is 10.2 Å². The molecule has 0 spiro atoms. The Morgan fingerprint density at radius 2 is 1.35 bits per heavy atom. The van der Waals surface area contributed by atoms with Gasteiger partial charge in [0.1, 0.15) is 0 Å². The molecular weight excluding hydrogens is 398 g/mol. The highest BCUT2D eigenvalue weighted by atomic mass is 16.5. The predicted octanol–water partition coefficient (Wildman–Crippen LogP) is 0.654. The predicted molar refractivity (Wildman–Crippen MR) is 113 cm³/mol. The fraction of sp³-hybridized carbons (Fsp3) is 0.750. The second-order valence-electron chi connectivity index (χ2n) is 8.94. The van der Waals surface area contributed by atoms with Crippen LogP contribution in [0, 0.1) is 0 Å². The van der Waals surface area contributed by atoms with Gasteiger partial charge in [0.15, 0.2) is 5.69 Å². The summed E-state index contributed by atoms with van der Waals surface area (Å²) >= 11 is 0. The van der Waals surface area contributed by atoms with E-state index in [0.717, 1.165) is 70.3 Å². The van der Waals surface area contributed by atoms with E-state index in [1.54, 1.807) is 10.9 Å². The molecule has 0 radical (unpaired) electrons. The third kappa shape index (κ3) is 5.46. The summed E-state index contributed by atoms with van der Waals surface area (Å²) in [5.74, 6) is -0.0617. The standard InChI is InChI=1S/C11H18N4O.C9H15N5O/c12-9-1-3-10(4-2-9)15-5-11(13-14-15)8-6-16-7-8;10-6-1-3-7(4-2-6)14-5-8(9(11)15)12-13-14/h5,8-10H,1-4,6-7,12H2;5-7H,1-4,10H2,(H2,11,15). The average molecular weight is 432 g/mol. The number of rotatable bonds is 4. The van der Waals surface area contributed by atoms with Crippen molar-refractivity contribution in [1.82, 2.24) is 30.0 Å². The SMILES string of the molecule is NC(=O)c1cn(C2CCC(N)CC2)nn1.NC1CCC(n2cc(C3COC3)nn2)CC1. The minimum Gasteiger partial charge on any atom is -0.380 e. The van der Waals surface area contributed by atoms with Crippen LogP contribution in [0.2, 0.25) is 0 Å². The Hall–Kier alpha value is -2.37. The van der Waals surface area contributed by atoms with Gasteiger partial charge in [-0.2, -0.15) is 0 Å². The Morgan fingerprint density at radius 1 is 0.839 bits per heavy atom. The van der Waals surface area contributed by atoms with Crippen molar-refractivity contribution in [3.8, 4) is 0 Å². The minimum atomic E-state index is -0.534. The molecule has 1 saturated heterocycles. The van der Waals surface area contributed by atoms with Crippen LogP contribution in [0.4, 0.5) is 0 Å². The lowest BCUT2D eigenvalue weighted by Gasteiger charge is -2.26. The van der Waals surface area contributed by atoms with Crippen LogP contribution in [-0.4, -0.2) is 61.2 Å². The van der Waals surface area contributed by atoms with Gasteiger partial charge in [-0.3, -0.25) is 4.79 Å². The molecule has 11 heteroatoms. The van der Waals surface area contributed by atoms with Gasteiger partial charge < -0.3 is 21.9 Å². The maximum absolute atomic E-state index is 10.8. The molecule has 1 amide bonds. The molecule has 3 heterocycles. The summed E-state index contributed by atoms with van der Waals surface area (Å²) in [6.07, 6.45) is 12.1. The first-order chi connectivity index (χ1) is 15.0. The normalized spacial score (nSPS) is 29.0. The monoisotopic (exact) mass is 431 g/mol. The first-order valence-corrected chi connectivity index (χ1v) is 11.2. The van der Waals surface area contributed by atoms with Crippen LogP contribution in [-0.2, 0) is 4.74 Å². The number of hydrogen-bond donors (Lipinski definition) is 3. The van der Waals surface area contributed by atoms with Gasteiger partial charge in [0.05, 0.1) is 43.1 Å². The van der Waals surface area contributed by atoms with Crippen LogP contribution in [0.15, 0.2) is 12.4 Å². The molecule has 3 fully saturated rings. The molecule has 0 unspecified atom stereocenters. The first-order valence-electron chi connectivity index (χ1n) is 11.2. The van der Waals surface area contributed by atoms with E-state index >= 15 is 0 Å². The lowest BCUT2D eigenvalue weighted by Crippen LogP contribution is -2.28. The topological polar surface area (TPSA) is 166 Å². The second kappa shape index (κ2) is 9.84. The highest BCUT2D eigenvalue weighted by Crippen LogP contribution is 2.29. The van der Waals surface area contributed by atoms with Gasteiger partial charge >= 0.3 is 0 Å². The molecule has 170 valence electrons. The molecule has 0 bridgehead atoms. The van der Waals surface area contributed by atoms with E-state index in [4.69, 9.17) is 21.9 Å². The highest BCUT2D eigenvalue weighted by Gasteiger charge is 2.26. The summed E-state index contributed by atoms with van der Waals surface area (Å²) in [5, 5.41) is 16.1. The van der Waals surface area contributed by atoms with Crippen LogP contribution in [0.25, 0.3) is 0 Å². The number of nitrogens with zero attached hydrogens (tertiary/aromatic N) is 6. The van der Waals surface area contributed by atoms with Gasteiger partial charge in [-0.05, 0) is 51.4 Å². The van der Waals surface area contributed by atoms with Crippen molar-refractivity contribution in [3.63, 3.8) is 0 Å². The summed E-state index contributed by atoms with van der Waals surface area (Å²) in [4.78, 5) is 10.8. The van der Waals surface area contributed by atoms with Gasteiger partial charge in [0, 0.05) is 18.3 Å². The van der Waals surface area contributed by atoms with Crippen LogP contribution >= 0.6 is 0 Å². The molecule has 31 heavy (non-hydrogen) atoms. The third-order valence-electron chi connectivity index (χ3n) is 6.58. The molecule has 11 nitrogen and oxygen atoms in total. The van der Waals surface area contributed by atoms with E-state index < -0.39 is 5.91 Å². The quantitative estimate of drug-likeness (QED) is 0.634. The van der Waals surface area contributed by atoms with E-state index in [2.05, 4.69) is 26.8 Å². The molecule has 5 rings (SSSR count). The van der Waals surface area contributed by atoms with E-state index in [-0.39, 0.29) is 5.69 Å². The van der Waals surface area contributed by atoms with Crippen molar-refractivity contribution in [2.24, 2.45) is 17.2 Å². The van der Waals surface area contributed by atoms with Crippen molar-refractivity contribution in [2.45, 2.75) is 81.5 Å². The summed E-state index contributed by atoms with van der Waals surface area (Å²) < 4.78 is 8.92. The maximum Gasteiger partial charge on any atom is 0.270 e. The Labute approximate surface area is 181 Å². The average Bonchev–Trinajstić information content (AvgIpc) is 3.39. The zero-order chi connectivity index (χ0) is 21.8. The molecule has 2 aromatic heterocycles. The fourth-order valence-corrected chi connectivity index (χ4v) is 4.36. The van der Waals surface area contributed by atoms with Gasteiger partial charge in [0.2, 0.25) is 0 Å². The molecule has 3 aliphatic rings. The number of nitrogens with two attached hydrogens (primary N) is 3. The number of hydrogen-bond acceptors (Lipinski definition) is 8. The van der Waals surface area contributed by atoms with Crippen LogP contribution in [0.1, 0.15) is 85.6 Å². The number of amides is 1. The summed E-state index contributed by atoms with van der Waals surface area (Å²) in [7, 11) is 0. The van der Waals surface area contributed by atoms with Gasteiger partial charge in [-0.25, -0.2) is 9.36 Å². The van der Waals surface area contributed by atoms with E-state index in [9.17, 15) is 4.79 Å². The van der Waals surface area contributed by atoms with Gasteiger partial charge in [0.25, 0.3) is 5.91 Å². The van der Waals surface area contributed by atoms with Crippen LogP contribution in [0.5, 0.6) is 0 Å². The van der Waals surface area contributed by atoms with E-state index in [1.807, 2.05) is 4.68 Å². The molecule has 0 atom stereocenters. The Balaban J connectivity index is 0.000000150. The highest BCUT2D eigenvalue weighted by molar-refractivity contribution is 5.90. The molecule has 1 aliphatic heterocycles. The zero-order valence-corrected chi connectivity index (χ0v) is 17.8. The lowest BCUT2D eigenvalue weighted by molar-refractivity contribution is 0.00665.